The minimum Gasteiger partial charge on any atom is -0.438 e. The zero-order valence-corrected chi connectivity index (χ0v) is 20.0. The number of carbonyl (C=O) groups excluding carboxylic acids is 2. The van der Waals surface area contributed by atoms with Gasteiger partial charge in [0.05, 0.1) is 22.5 Å². The number of fused-ring (bicyclic) bond motifs is 1. The Balaban J connectivity index is 1.46. The number of ketones is 1. The number of aromatic amines is 1. The van der Waals surface area contributed by atoms with Crippen LogP contribution in [0.5, 0.6) is 0 Å². The van der Waals surface area contributed by atoms with Gasteiger partial charge in [0.2, 0.25) is 12.0 Å². The molecule has 10 heteroatoms. The maximum Gasteiger partial charge on any atom is 0.408 e. The third-order valence-electron chi connectivity index (χ3n) is 5.38. The van der Waals surface area contributed by atoms with Gasteiger partial charge in [0.1, 0.15) is 5.01 Å². The van der Waals surface area contributed by atoms with Gasteiger partial charge in [-0.15, -0.1) is 11.3 Å². The fourth-order valence-corrected chi connectivity index (χ4v) is 4.79. The summed E-state index contributed by atoms with van der Waals surface area (Å²) in [5, 5.41) is 11.6. The number of aromatic nitrogens is 3. The molecule has 1 amide bonds. The van der Waals surface area contributed by atoms with Crippen LogP contribution in [-0.4, -0.2) is 39.3 Å². The standard InChI is InChI=1S/C23H29N5O4S/c1-5-6-9-15(18(29)21-28(32-21)17-12-13-24-27-17)26-22(30)31-19(23(2,3)4)20-25-14-10-7-8-11-16(14)33-20/h7-8,10-13,15,19,21H,5-6,9H2,1-4H3,(H,24,27)(H,26,30)/t15-,19-,21?,28?/m0/s1. The van der Waals surface area contributed by atoms with Crippen molar-refractivity contribution in [3.8, 4) is 0 Å². The number of carbonyl (C=O) groups is 2. The van der Waals surface area contributed by atoms with Crippen molar-refractivity contribution in [1.29, 1.82) is 0 Å². The van der Waals surface area contributed by atoms with E-state index < -0.39 is 24.5 Å². The lowest BCUT2D eigenvalue weighted by molar-refractivity contribution is -0.122. The van der Waals surface area contributed by atoms with E-state index in [-0.39, 0.29) is 11.2 Å². The number of ether oxygens (including phenoxy) is 1. The molecule has 3 heterocycles. The highest BCUT2D eigenvalue weighted by Gasteiger charge is 2.47. The number of H-pyrrole nitrogens is 1. The second-order valence-electron chi connectivity index (χ2n) is 9.14. The fourth-order valence-electron chi connectivity index (χ4n) is 3.55. The highest BCUT2D eigenvalue weighted by molar-refractivity contribution is 7.18. The number of nitrogens with one attached hydrogen (secondary N) is 2. The zero-order valence-electron chi connectivity index (χ0n) is 19.2. The van der Waals surface area contributed by atoms with E-state index in [1.165, 1.54) is 16.4 Å². The molecular weight excluding hydrogens is 442 g/mol. The van der Waals surface area contributed by atoms with E-state index in [0.29, 0.717) is 12.2 Å². The smallest absolute Gasteiger partial charge is 0.408 e. The number of hydroxylamine groups is 1. The van der Waals surface area contributed by atoms with Crippen molar-refractivity contribution in [1.82, 2.24) is 20.5 Å². The summed E-state index contributed by atoms with van der Waals surface area (Å²) in [6.45, 7) is 8.03. The molecule has 176 valence electrons. The van der Waals surface area contributed by atoms with E-state index in [4.69, 9.17) is 9.57 Å². The average molecular weight is 472 g/mol. The van der Waals surface area contributed by atoms with Gasteiger partial charge in [0.25, 0.3) is 0 Å². The number of nitrogens with zero attached hydrogens (tertiary/aromatic N) is 3. The molecule has 3 atom stereocenters. The predicted molar refractivity (Wildman–Crippen MR) is 126 cm³/mol. The van der Waals surface area contributed by atoms with Crippen LogP contribution in [0, 0.1) is 5.41 Å². The summed E-state index contributed by atoms with van der Waals surface area (Å²) in [5.41, 5.74) is 0.488. The summed E-state index contributed by atoms with van der Waals surface area (Å²) < 4.78 is 6.90. The quantitative estimate of drug-likeness (QED) is 0.434. The van der Waals surface area contributed by atoms with Crippen LogP contribution in [-0.2, 0) is 14.4 Å². The van der Waals surface area contributed by atoms with Crippen molar-refractivity contribution in [2.24, 2.45) is 5.41 Å². The van der Waals surface area contributed by atoms with Gasteiger partial charge >= 0.3 is 6.09 Å². The number of hydrogen-bond acceptors (Lipinski definition) is 8. The van der Waals surface area contributed by atoms with E-state index in [0.717, 1.165) is 28.1 Å². The molecule has 9 nitrogen and oxygen atoms in total. The molecule has 1 fully saturated rings. The Kier molecular flexibility index (Phi) is 6.66. The molecule has 0 aliphatic carbocycles. The summed E-state index contributed by atoms with van der Waals surface area (Å²) in [4.78, 5) is 36.1. The molecule has 4 rings (SSSR count). The lowest BCUT2D eigenvalue weighted by Gasteiger charge is -2.29. The number of hydrogen-bond donors (Lipinski definition) is 2. The van der Waals surface area contributed by atoms with Crippen LogP contribution in [0.3, 0.4) is 0 Å². The molecule has 1 aromatic carbocycles. The number of anilines is 1. The van der Waals surface area contributed by atoms with Gasteiger partial charge in [-0.3, -0.25) is 9.89 Å². The first-order chi connectivity index (χ1) is 15.8. The molecule has 0 bridgehead atoms. The summed E-state index contributed by atoms with van der Waals surface area (Å²) >= 11 is 1.51. The maximum absolute atomic E-state index is 13.0. The summed E-state index contributed by atoms with van der Waals surface area (Å²) in [7, 11) is 0. The highest BCUT2D eigenvalue weighted by Crippen LogP contribution is 2.39. The number of rotatable bonds is 9. The third-order valence-corrected chi connectivity index (χ3v) is 6.46. The lowest BCUT2D eigenvalue weighted by atomic mass is 9.89. The molecule has 33 heavy (non-hydrogen) atoms. The number of amides is 1. The lowest BCUT2D eigenvalue weighted by Crippen LogP contribution is -2.44. The molecular formula is C23H29N5O4S. The van der Waals surface area contributed by atoms with Gasteiger partial charge in [-0.1, -0.05) is 52.7 Å². The van der Waals surface area contributed by atoms with Gasteiger partial charge in [-0.25, -0.2) is 14.6 Å². The molecule has 0 saturated carbocycles. The Morgan fingerprint density at radius 1 is 1.30 bits per heavy atom. The Morgan fingerprint density at radius 2 is 2.09 bits per heavy atom. The minimum absolute atomic E-state index is 0.220. The van der Waals surface area contributed by atoms with Crippen molar-refractivity contribution in [3.05, 3.63) is 41.5 Å². The normalized spacial score (nSPS) is 17.6. The Hall–Kier alpha value is -2.98. The van der Waals surface area contributed by atoms with E-state index in [1.807, 2.05) is 52.0 Å². The van der Waals surface area contributed by atoms with E-state index in [9.17, 15) is 9.59 Å². The van der Waals surface area contributed by atoms with Crippen molar-refractivity contribution in [2.45, 2.75) is 65.3 Å². The van der Waals surface area contributed by atoms with Crippen LogP contribution in [0.15, 0.2) is 36.5 Å². The van der Waals surface area contributed by atoms with Crippen molar-refractivity contribution in [2.75, 3.05) is 5.06 Å². The first kappa shape index (κ1) is 23.2. The second-order valence-corrected chi connectivity index (χ2v) is 10.2. The molecule has 2 aromatic heterocycles. The van der Waals surface area contributed by atoms with Crippen LogP contribution >= 0.6 is 11.3 Å². The largest absolute Gasteiger partial charge is 0.438 e. The van der Waals surface area contributed by atoms with E-state index in [2.05, 4.69) is 20.5 Å². The molecule has 0 spiro atoms. The Bertz CT molecular complexity index is 1070. The monoisotopic (exact) mass is 471 g/mol. The number of benzene rings is 1. The van der Waals surface area contributed by atoms with Crippen molar-refractivity contribution < 1.29 is 19.2 Å². The number of Topliss-reactive ketones (excluding diaryl/α,β-unsaturated/α-hetero) is 1. The van der Waals surface area contributed by atoms with Gasteiger partial charge in [-0.05, 0) is 18.6 Å². The van der Waals surface area contributed by atoms with E-state index >= 15 is 0 Å². The number of para-hydroxylation sites is 1. The zero-order chi connectivity index (χ0) is 23.6. The fraction of sp³-hybridized carbons (Fsp3) is 0.478. The molecule has 1 saturated heterocycles. The molecule has 1 aliphatic rings. The van der Waals surface area contributed by atoms with Gasteiger partial charge in [-0.2, -0.15) is 10.2 Å². The average Bonchev–Trinajstić information content (AvgIpc) is 3.19. The maximum atomic E-state index is 13.0. The van der Waals surface area contributed by atoms with Gasteiger partial charge in [0, 0.05) is 11.5 Å². The SMILES string of the molecule is CCCC[C@H](NC(=O)O[C@@H](c1nc2ccccc2s1)C(C)(C)C)C(=O)C1ON1c1ccn[nH]1. The Labute approximate surface area is 196 Å². The summed E-state index contributed by atoms with van der Waals surface area (Å²) in [6.07, 6.45) is 1.81. The minimum atomic E-state index is -0.754. The van der Waals surface area contributed by atoms with Crippen LogP contribution in [0.1, 0.15) is 58.1 Å². The van der Waals surface area contributed by atoms with Crippen molar-refractivity contribution in [3.63, 3.8) is 0 Å². The Morgan fingerprint density at radius 3 is 2.76 bits per heavy atom. The summed E-state index contributed by atoms with van der Waals surface area (Å²) in [5.74, 6) is 0.371. The number of unbranched alkanes of at least 4 members (excludes halogenated alkanes) is 1. The van der Waals surface area contributed by atoms with Crippen LogP contribution in [0.2, 0.25) is 0 Å². The number of thiazole rings is 1. The predicted octanol–water partition coefficient (Wildman–Crippen LogP) is 4.74. The third kappa shape index (κ3) is 5.33. The molecule has 2 N–H and O–H groups in total. The van der Waals surface area contributed by atoms with Gasteiger partial charge < -0.3 is 10.1 Å². The number of alkyl carbamates (subject to hydrolysis) is 1. The van der Waals surface area contributed by atoms with Crippen LogP contribution < -0.4 is 10.4 Å². The van der Waals surface area contributed by atoms with E-state index in [1.54, 1.807) is 12.3 Å². The first-order valence-electron chi connectivity index (χ1n) is 11.1. The highest BCUT2D eigenvalue weighted by atomic mass is 32.1. The van der Waals surface area contributed by atoms with Gasteiger partial charge in [0.15, 0.2) is 11.9 Å². The van der Waals surface area contributed by atoms with Crippen LogP contribution in [0.4, 0.5) is 10.6 Å². The summed E-state index contributed by atoms with van der Waals surface area (Å²) in [6, 6.07) is 8.82. The molecule has 1 unspecified atom stereocenters. The van der Waals surface area contributed by atoms with Crippen molar-refractivity contribution >= 4 is 39.2 Å². The second kappa shape index (κ2) is 9.48. The molecule has 0 radical (unpaired) electrons. The van der Waals surface area contributed by atoms with Crippen LogP contribution in [0.25, 0.3) is 10.2 Å². The topological polar surface area (TPSA) is 113 Å². The molecule has 1 aliphatic heterocycles. The first-order valence-corrected chi connectivity index (χ1v) is 11.9. The molecule has 3 aromatic rings.